The van der Waals surface area contributed by atoms with E-state index in [0.29, 0.717) is 5.56 Å². The molecule has 7 heteroatoms. The first kappa shape index (κ1) is 20.8. The first-order valence-electron chi connectivity index (χ1n) is 10.4. The van der Waals surface area contributed by atoms with E-state index in [1.165, 1.54) is 11.1 Å². The predicted molar refractivity (Wildman–Crippen MR) is 124 cm³/mol. The van der Waals surface area contributed by atoms with E-state index in [-0.39, 0.29) is 23.3 Å². The first-order chi connectivity index (χ1) is 14.8. The molecule has 0 saturated carbocycles. The summed E-state index contributed by atoms with van der Waals surface area (Å²) in [6, 6.07) is 15.3. The molecule has 0 aliphatic carbocycles. The van der Waals surface area contributed by atoms with Gasteiger partial charge in [0, 0.05) is 36.1 Å². The standard InChI is InChI=1S/C24H28N6O/c1-15(20-10-11-27-23(25)30-20)28-21-7-5-4-6-18(21)22(31)29-17-8-9-19-16(12-17)13-26-14-24(19,2)3/h4-12,15,26,28H,13-14H2,1-3H3,(H,29,31)(H2,25,27,30). The van der Waals surface area contributed by atoms with Crippen LogP contribution in [0.2, 0.25) is 0 Å². The first-order valence-corrected chi connectivity index (χ1v) is 10.4. The molecule has 5 N–H and O–H groups in total. The highest BCUT2D eigenvalue weighted by atomic mass is 16.1. The van der Waals surface area contributed by atoms with Gasteiger partial charge in [-0.25, -0.2) is 9.97 Å². The summed E-state index contributed by atoms with van der Waals surface area (Å²) in [6.45, 7) is 8.17. The summed E-state index contributed by atoms with van der Waals surface area (Å²) in [5, 5.41) is 9.86. The number of nitrogen functional groups attached to an aromatic ring is 1. The fraction of sp³-hybridized carbons (Fsp3) is 0.292. The van der Waals surface area contributed by atoms with Crippen LogP contribution in [-0.4, -0.2) is 22.4 Å². The van der Waals surface area contributed by atoms with Crippen molar-refractivity contribution >= 4 is 23.2 Å². The molecule has 1 atom stereocenters. The molecule has 0 spiro atoms. The van der Waals surface area contributed by atoms with E-state index in [1.54, 1.807) is 12.3 Å². The topological polar surface area (TPSA) is 105 Å². The fourth-order valence-electron chi connectivity index (χ4n) is 4.03. The molecule has 0 radical (unpaired) electrons. The lowest BCUT2D eigenvalue weighted by Crippen LogP contribution is -2.38. The molecule has 31 heavy (non-hydrogen) atoms. The number of benzene rings is 2. The zero-order valence-electron chi connectivity index (χ0n) is 18.1. The van der Waals surface area contributed by atoms with Gasteiger partial charge >= 0.3 is 0 Å². The Morgan fingerprint density at radius 1 is 1.19 bits per heavy atom. The van der Waals surface area contributed by atoms with E-state index < -0.39 is 0 Å². The van der Waals surface area contributed by atoms with Gasteiger partial charge in [-0.3, -0.25) is 4.79 Å². The molecule has 2 heterocycles. The van der Waals surface area contributed by atoms with Gasteiger partial charge in [0.2, 0.25) is 5.95 Å². The van der Waals surface area contributed by atoms with E-state index in [0.717, 1.165) is 30.2 Å². The van der Waals surface area contributed by atoms with Gasteiger partial charge in [-0.1, -0.05) is 32.0 Å². The van der Waals surface area contributed by atoms with Crippen LogP contribution in [-0.2, 0) is 12.0 Å². The number of hydrogen-bond acceptors (Lipinski definition) is 6. The second kappa shape index (κ2) is 8.35. The average molecular weight is 417 g/mol. The molecule has 4 rings (SSSR count). The normalized spacial score (nSPS) is 15.6. The third-order valence-corrected chi connectivity index (χ3v) is 5.66. The Labute approximate surface area is 182 Å². The number of rotatable bonds is 5. The zero-order chi connectivity index (χ0) is 22.0. The van der Waals surface area contributed by atoms with Crippen molar-refractivity contribution in [3.8, 4) is 0 Å². The number of nitrogens with zero attached hydrogens (tertiary/aromatic N) is 2. The zero-order valence-corrected chi connectivity index (χ0v) is 18.1. The van der Waals surface area contributed by atoms with Gasteiger partial charge < -0.3 is 21.7 Å². The lowest BCUT2D eigenvalue weighted by atomic mass is 9.79. The van der Waals surface area contributed by atoms with E-state index in [2.05, 4.69) is 51.9 Å². The summed E-state index contributed by atoms with van der Waals surface area (Å²) in [5.41, 5.74) is 11.2. The van der Waals surface area contributed by atoms with Crippen LogP contribution in [0.5, 0.6) is 0 Å². The highest BCUT2D eigenvalue weighted by Gasteiger charge is 2.27. The SMILES string of the molecule is CC(Nc1ccccc1C(=O)Nc1ccc2c(c1)CNCC2(C)C)c1ccnc(N)n1. The van der Waals surface area contributed by atoms with E-state index >= 15 is 0 Å². The molecule has 1 aromatic heterocycles. The molecule has 1 aliphatic rings. The number of hydrogen-bond donors (Lipinski definition) is 4. The smallest absolute Gasteiger partial charge is 0.257 e. The third-order valence-electron chi connectivity index (χ3n) is 5.66. The molecular weight excluding hydrogens is 388 g/mol. The van der Waals surface area contributed by atoms with Crippen molar-refractivity contribution in [3.05, 3.63) is 77.1 Å². The van der Waals surface area contributed by atoms with Crippen LogP contribution in [0.3, 0.4) is 0 Å². The molecule has 2 aromatic carbocycles. The lowest BCUT2D eigenvalue weighted by Gasteiger charge is -2.33. The van der Waals surface area contributed by atoms with Crippen LogP contribution in [0.1, 0.15) is 54.0 Å². The molecule has 7 nitrogen and oxygen atoms in total. The Morgan fingerprint density at radius 2 is 2.00 bits per heavy atom. The number of fused-ring (bicyclic) bond motifs is 1. The van der Waals surface area contributed by atoms with Crippen LogP contribution < -0.4 is 21.7 Å². The van der Waals surface area contributed by atoms with Crippen molar-refractivity contribution < 1.29 is 4.79 Å². The predicted octanol–water partition coefficient (Wildman–Crippen LogP) is 3.87. The van der Waals surface area contributed by atoms with Crippen molar-refractivity contribution in [2.24, 2.45) is 0 Å². The Bertz CT molecular complexity index is 1110. The summed E-state index contributed by atoms with van der Waals surface area (Å²) < 4.78 is 0. The largest absolute Gasteiger partial charge is 0.376 e. The van der Waals surface area contributed by atoms with Gasteiger partial charge in [-0.2, -0.15) is 0 Å². The van der Waals surface area contributed by atoms with Crippen LogP contribution in [0.25, 0.3) is 0 Å². The number of carbonyl (C=O) groups is 1. The summed E-state index contributed by atoms with van der Waals surface area (Å²) in [6.07, 6.45) is 1.63. The van der Waals surface area contributed by atoms with Gasteiger partial charge in [0.1, 0.15) is 0 Å². The lowest BCUT2D eigenvalue weighted by molar-refractivity contribution is 0.102. The van der Waals surface area contributed by atoms with Gasteiger partial charge in [0.15, 0.2) is 0 Å². The third kappa shape index (κ3) is 4.51. The molecule has 0 fully saturated rings. The maximum absolute atomic E-state index is 13.1. The second-order valence-corrected chi connectivity index (χ2v) is 8.56. The van der Waals surface area contributed by atoms with Crippen molar-refractivity contribution in [1.82, 2.24) is 15.3 Å². The number of nitrogens with two attached hydrogens (primary N) is 1. The van der Waals surface area contributed by atoms with E-state index in [1.807, 2.05) is 37.3 Å². The number of carbonyl (C=O) groups excluding carboxylic acids is 1. The summed E-state index contributed by atoms with van der Waals surface area (Å²) in [4.78, 5) is 21.3. The number of amides is 1. The van der Waals surface area contributed by atoms with Gasteiger partial charge in [-0.15, -0.1) is 0 Å². The van der Waals surface area contributed by atoms with E-state index in [9.17, 15) is 4.79 Å². The Balaban J connectivity index is 1.53. The minimum Gasteiger partial charge on any atom is -0.376 e. The minimum absolute atomic E-state index is 0.0766. The molecule has 0 bridgehead atoms. The summed E-state index contributed by atoms with van der Waals surface area (Å²) >= 11 is 0. The molecule has 1 unspecified atom stereocenters. The number of aromatic nitrogens is 2. The van der Waals surface area contributed by atoms with Crippen LogP contribution in [0.4, 0.5) is 17.3 Å². The maximum atomic E-state index is 13.1. The molecule has 0 saturated heterocycles. The van der Waals surface area contributed by atoms with Crippen molar-refractivity contribution in [2.45, 2.75) is 38.8 Å². The fourth-order valence-corrected chi connectivity index (χ4v) is 4.03. The summed E-state index contributed by atoms with van der Waals surface area (Å²) in [7, 11) is 0. The Kier molecular flexibility index (Phi) is 5.61. The van der Waals surface area contributed by atoms with Crippen LogP contribution >= 0.6 is 0 Å². The molecular formula is C24H28N6O. The van der Waals surface area contributed by atoms with Gasteiger partial charge in [0.25, 0.3) is 5.91 Å². The number of para-hydroxylation sites is 1. The highest BCUT2D eigenvalue weighted by molar-refractivity contribution is 6.08. The Morgan fingerprint density at radius 3 is 2.81 bits per heavy atom. The van der Waals surface area contributed by atoms with Crippen LogP contribution in [0, 0.1) is 0 Å². The average Bonchev–Trinajstić information content (AvgIpc) is 2.73. The van der Waals surface area contributed by atoms with Crippen LogP contribution in [0.15, 0.2) is 54.7 Å². The number of anilines is 3. The van der Waals surface area contributed by atoms with E-state index in [4.69, 9.17) is 5.73 Å². The molecule has 1 amide bonds. The Hall–Kier alpha value is -3.45. The molecule has 1 aliphatic heterocycles. The van der Waals surface area contributed by atoms with Gasteiger partial charge in [0.05, 0.1) is 17.3 Å². The highest BCUT2D eigenvalue weighted by Crippen LogP contribution is 2.31. The summed E-state index contributed by atoms with van der Waals surface area (Å²) in [5.74, 6) is 0.0581. The minimum atomic E-state index is -0.166. The molecule has 160 valence electrons. The monoisotopic (exact) mass is 416 g/mol. The molecule has 3 aromatic rings. The quantitative estimate of drug-likeness (QED) is 0.503. The maximum Gasteiger partial charge on any atom is 0.257 e. The number of nitrogens with one attached hydrogen (secondary N) is 3. The van der Waals surface area contributed by atoms with Gasteiger partial charge in [-0.05, 0) is 48.4 Å². The van der Waals surface area contributed by atoms with Crippen molar-refractivity contribution in [1.29, 1.82) is 0 Å². The van der Waals surface area contributed by atoms with Crippen molar-refractivity contribution in [2.75, 3.05) is 22.9 Å². The van der Waals surface area contributed by atoms with Crippen molar-refractivity contribution in [3.63, 3.8) is 0 Å². The second-order valence-electron chi connectivity index (χ2n) is 8.56.